The first-order valence-corrected chi connectivity index (χ1v) is 2.91. The van der Waals surface area contributed by atoms with Crippen molar-refractivity contribution in [2.24, 2.45) is 21.7 Å². The van der Waals surface area contributed by atoms with Gasteiger partial charge in [0.2, 0.25) is 5.96 Å². The molecule has 0 aromatic rings. The first kappa shape index (κ1) is 8.90. The van der Waals surface area contributed by atoms with Crippen LogP contribution >= 0.6 is 0 Å². The number of rotatable bonds is 3. The summed E-state index contributed by atoms with van der Waals surface area (Å²) in [5, 5.41) is 15.5. The molecule has 0 aliphatic heterocycles. The average molecular weight is 144 g/mol. The summed E-state index contributed by atoms with van der Waals surface area (Å²) in [6, 6.07) is 0. The van der Waals surface area contributed by atoms with Gasteiger partial charge in [0.05, 0.1) is 6.10 Å². The smallest absolute Gasteiger partial charge is 0.211 e. The van der Waals surface area contributed by atoms with E-state index in [0.29, 0.717) is 6.42 Å². The molecule has 0 fully saturated rings. The third kappa shape index (κ3) is 6.90. The lowest BCUT2D eigenvalue weighted by Gasteiger charge is -1.93. The number of aliphatic hydroxyl groups excluding tert-OH is 1. The highest BCUT2D eigenvalue weighted by atomic mass is 16.3. The van der Waals surface area contributed by atoms with Gasteiger partial charge in [0.1, 0.15) is 0 Å². The second-order valence-electron chi connectivity index (χ2n) is 1.91. The minimum Gasteiger partial charge on any atom is -0.393 e. The average Bonchev–Trinajstić information content (AvgIpc) is 1.79. The molecule has 0 spiro atoms. The van der Waals surface area contributed by atoms with Gasteiger partial charge in [-0.2, -0.15) is 5.10 Å². The molecular formula is C5H12N4O. The summed E-state index contributed by atoms with van der Waals surface area (Å²) >= 11 is 0. The molecule has 0 aliphatic rings. The summed E-state index contributed by atoms with van der Waals surface area (Å²) in [5.41, 5.74) is 9.92. The van der Waals surface area contributed by atoms with Gasteiger partial charge in [-0.05, 0) is 6.92 Å². The third-order valence-electron chi connectivity index (χ3n) is 0.701. The van der Waals surface area contributed by atoms with Gasteiger partial charge < -0.3 is 16.6 Å². The normalized spacial score (nSPS) is 13.4. The predicted molar refractivity (Wildman–Crippen MR) is 40.6 cm³/mol. The molecular weight excluding hydrogens is 132 g/mol. The number of hydrogen-bond donors (Lipinski definition) is 3. The monoisotopic (exact) mass is 144 g/mol. The van der Waals surface area contributed by atoms with Gasteiger partial charge in [-0.25, -0.2) is 0 Å². The summed E-state index contributed by atoms with van der Waals surface area (Å²) in [6.45, 7) is 1.65. The van der Waals surface area contributed by atoms with Crippen molar-refractivity contribution in [1.29, 1.82) is 0 Å². The van der Waals surface area contributed by atoms with Crippen molar-refractivity contribution in [3.8, 4) is 0 Å². The Labute approximate surface area is 59.4 Å². The molecule has 58 valence electrons. The van der Waals surface area contributed by atoms with Crippen LogP contribution in [0.4, 0.5) is 0 Å². The molecule has 0 saturated carbocycles. The number of aliphatic hydroxyl groups is 1. The largest absolute Gasteiger partial charge is 0.393 e. The van der Waals surface area contributed by atoms with Crippen LogP contribution in [0.25, 0.3) is 0 Å². The van der Waals surface area contributed by atoms with Crippen molar-refractivity contribution in [2.75, 3.05) is 0 Å². The number of nitrogens with two attached hydrogens (primary N) is 2. The highest BCUT2D eigenvalue weighted by Gasteiger charge is 1.88. The van der Waals surface area contributed by atoms with Gasteiger partial charge in [0.25, 0.3) is 0 Å². The van der Waals surface area contributed by atoms with Crippen molar-refractivity contribution in [2.45, 2.75) is 19.4 Å². The van der Waals surface area contributed by atoms with Crippen LogP contribution in [0.3, 0.4) is 0 Å². The zero-order valence-electron chi connectivity index (χ0n) is 5.86. The minimum atomic E-state index is -0.405. The maximum absolute atomic E-state index is 8.72. The van der Waals surface area contributed by atoms with E-state index in [-0.39, 0.29) is 5.96 Å². The molecule has 5 nitrogen and oxygen atoms in total. The SMILES string of the molecule is C[C@H](O)C/C=N\N=C(N)N. The van der Waals surface area contributed by atoms with Gasteiger partial charge in [0, 0.05) is 12.6 Å². The molecule has 5 N–H and O–H groups in total. The fraction of sp³-hybridized carbons (Fsp3) is 0.600. The van der Waals surface area contributed by atoms with E-state index < -0.39 is 6.10 Å². The Morgan fingerprint density at radius 2 is 2.30 bits per heavy atom. The van der Waals surface area contributed by atoms with Crippen LogP contribution in [0.5, 0.6) is 0 Å². The van der Waals surface area contributed by atoms with Crippen LogP contribution in [0.2, 0.25) is 0 Å². The molecule has 0 radical (unpaired) electrons. The third-order valence-corrected chi connectivity index (χ3v) is 0.701. The van der Waals surface area contributed by atoms with E-state index in [2.05, 4.69) is 10.2 Å². The van der Waals surface area contributed by atoms with E-state index in [9.17, 15) is 0 Å². The minimum absolute atomic E-state index is 0.0816. The molecule has 0 unspecified atom stereocenters. The maximum atomic E-state index is 8.72. The summed E-state index contributed by atoms with van der Waals surface area (Å²) in [5.74, 6) is -0.0816. The van der Waals surface area contributed by atoms with Gasteiger partial charge in [0.15, 0.2) is 0 Å². The molecule has 1 atom stereocenters. The summed E-state index contributed by atoms with van der Waals surface area (Å²) in [7, 11) is 0. The van der Waals surface area contributed by atoms with Crippen molar-refractivity contribution in [3.63, 3.8) is 0 Å². The van der Waals surface area contributed by atoms with E-state index >= 15 is 0 Å². The van der Waals surface area contributed by atoms with Crippen LogP contribution in [0.1, 0.15) is 13.3 Å². The Morgan fingerprint density at radius 3 is 2.70 bits per heavy atom. The van der Waals surface area contributed by atoms with Crippen LogP contribution < -0.4 is 11.5 Å². The number of guanidine groups is 1. The van der Waals surface area contributed by atoms with Gasteiger partial charge in [-0.1, -0.05) is 0 Å². The molecule has 0 aromatic carbocycles. The quantitative estimate of drug-likeness (QED) is 0.269. The zero-order chi connectivity index (χ0) is 7.98. The Kier molecular flexibility index (Phi) is 4.23. The van der Waals surface area contributed by atoms with Gasteiger partial charge in [-0.3, -0.25) is 0 Å². The van der Waals surface area contributed by atoms with Gasteiger partial charge >= 0.3 is 0 Å². The maximum Gasteiger partial charge on any atom is 0.211 e. The fourth-order valence-electron chi connectivity index (χ4n) is 0.307. The van der Waals surface area contributed by atoms with Gasteiger partial charge in [-0.15, -0.1) is 5.10 Å². The summed E-state index contributed by atoms with van der Waals surface area (Å²) < 4.78 is 0. The predicted octanol–water partition coefficient (Wildman–Crippen LogP) is -0.983. The van der Waals surface area contributed by atoms with Crippen molar-refractivity contribution in [3.05, 3.63) is 0 Å². The van der Waals surface area contributed by atoms with E-state index in [1.54, 1.807) is 6.92 Å². The lowest BCUT2D eigenvalue weighted by atomic mass is 10.3. The Balaban J connectivity index is 3.48. The summed E-state index contributed by atoms with van der Waals surface area (Å²) in [6.07, 6.45) is 1.50. The van der Waals surface area contributed by atoms with E-state index in [1.165, 1.54) is 6.21 Å². The van der Waals surface area contributed by atoms with E-state index in [1.807, 2.05) is 0 Å². The zero-order valence-corrected chi connectivity index (χ0v) is 5.86. The molecule has 0 rings (SSSR count). The van der Waals surface area contributed by atoms with Crippen LogP contribution in [0, 0.1) is 0 Å². The fourth-order valence-corrected chi connectivity index (χ4v) is 0.307. The Hall–Kier alpha value is -1.10. The molecule has 0 aliphatic carbocycles. The Bertz CT molecular complexity index is 137. The molecule has 0 heterocycles. The molecule has 10 heavy (non-hydrogen) atoms. The number of nitrogens with zero attached hydrogens (tertiary/aromatic N) is 2. The Morgan fingerprint density at radius 1 is 1.70 bits per heavy atom. The number of hydrogen-bond acceptors (Lipinski definition) is 3. The van der Waals surface area contributed by atoms with E-state index in [0.717, 1.165) is 0 Å². The lowest BCUT2D eigenvalue weighted by Crippen LogP contribution is -2.21. The molecule has 0 amide bonds. The van der Waals surface area contributed by atoms with Crippen molar-refractivity contribution >= 4 is 12.2 Å². The molecule has 0 aromatic heterocycles. The second-order valence-corrected chi connectivity index (χ2v) is 1.91. The molecule has 5 heteroatoms. The first-order chi connectivity index (χ1) is 4.63. The van der Waals surface area contributed by atoms with E-state index in [4.69, 9.17) is 16.6 Å². The summed E-state index contributed by atoms with van der Waals surface area (Å²) in [4.78, 5) is 0. The van der Waals surface area contributed by atoms with Crippen LogP contribution in [0.15, 0.2) is 10.2 Å². The topological polar surface area (TPSA) is 97.0 Å². The molecule has 0 bridgehead atoms. The molecule has 0 saturated heterocycles. The highest BCUT2D eigenvalue weighted by Crippen LogP contribution is 1.83. The van der Waals surface area contributed by atoms with Crippen LogP contribution in [-0.2, 0) is 0 Å². The lowest BCUT2D eigenvalue weighted by molar-refractivity contribution is 0.204. The van der Waals surface area contributed by atoms with Crippen molar-refractivity contribution in [1.82, 2.24) is 0 Å². The standard InChI is InChI=1S/C5H12N4O/c1-4(10)2-3-8-9-5(6)7/h3-4,10H,2H2,1H3,(H4,6,7,9)/b8-3-/t4-/m0/s1. The highest BCUT2D eigenvalue weighted by molar-refractivity contribution is 5.76. The first-order valence-electron chi connectivity index (χ1n) is 2.91. The van der Waals surface area contributed by atoms with Crippen molar-refractivity contribution < 1.29 is 5.11 Å². The second kappa shape index (κ2) is 4.75. The van der Waals surface area contributed by atoms with Crippen LogP contribution in [-0.4, -0.2) is 23.4 Å².